The fraction of sp³-hybridized carbons (Fsp3) is 0.368. The topological polar surface area (TPSA) is 55.6 Å². The SMILES string of the molecule is CC(C)(C)OCCCN(c1ccc([N+](=O)[O-])cc1)c1cc(Br)cc(Br)c1. The Morgan fingerprint density at radius 2 is 1.62 bits per heavy atom. The Labute approximate surface area is 170 Å². The van der Waals surface area contributed by atoms with Crippen LogP contribution in [0.2, 0.25) is 0 Å². The predicted octanol–water partition coefficient (Wildman–Crippen LogP) is 6.46. The van der Waals surface area contributed by atoms with Gasteiger partial charge in [-0.25, -0.2) is 0 Å². The van der Waals surface area contributed by atoms with E-state index in [-0.39, 0.29) is 16.2 Å². The van der Waals surface area contributed by atoms with E-state index in [2.05, 4.69) is 36.8 Å². The fourth-order valence-electron chi connectivity index (χ4n) is 2.46. The number of hydrogen-bond acceptors (Lipinski definition) is 4. The predicted molar refractivity (Wildman–Crippen MR) is 112 cm³/mol. The van der Waals surface area contributed by atoms with Gasteiger partial charge in [0.15, 0.2) is 0 Å². The average Bonchev–Trinajstić information content (AvgIpc) is 2.53. The number of rotatable bonds is 7. The Morgan fingerprint density at radius 3 is 2.12 bits per heavy atom. The molecular formula is C19H22Br2N2O3. The van der Waals surface area contributed by atoms with Crippen LogP contribution >= 0.6 is 31.9 Å². The molecule has 2 aromatic rings. The third-order valence-electron chi connectivity index (χ3n) is 3.59. The Bertz CT molecular complexity index is 738. The second kappa shape index (κ2) is 8.97. The highest BCUT2D eigenvalue weighted by atomic mass is 79.9. The first-order valence-corrected chi connectivity index (χ1v) is 9.86. The molecule has 0 fully saturated rings. The highest BCUT2D eigenvalue weighted by molar-refractivity contribution is 9.11. The molecular weight excluding hydrogens is 464 g/mol. The van der Waals surface area contributed by atoms with E-state index in [0.29, 0.717) is 6.61 Å². The summed E-state index contributed by atoms with van der Waals surface area (Å²) in [6.45, 7) is 7.48. The molecule has 0 aromatic heterocycles. The van der Waals surface area contributed by atoms with Crippen LogP contribution in [0.4, 0.5) is 17.1 Å². The van der Waals surface area contributed by atoms with Crippen molar-refractivity contribution >= 4 is 48.9 Å². The zero-order valence-electron chi connectivity index (χ0n) is 15.0. The summed E-state index contributed by atoms with van der Waals surface area (Å²) in [6.07, 6.45) is 0.832. The van der Waals surface area contributed by atoms with Gasteiger partial charge in [0.1, 0.15) is 0 Å². The van der Waals surface area contributed by atoms with Crippen molar-refractivity contribution < 1.29 is 9.66 Å². The van der Waals surface area contributed by atoms with Crippen LogP contribution < -0.4 is 4.90 Å². The van der Waals surface area contributed by atoms with Gasteiger partial charge < -0.3 is 9.64 Å². The minimum atomic E-state index is -0.388. The van der Waals surface area contributed by atoms with Gasteiger partial charge in [-0.05, 0) is 57.5 Å². The lowest BCUT2D eigenvalue weighted by molar-refractivity contribution is -0.384. The van der Waals surface area contributed by atoms with Crippen molar-refractivity contribution in [2.45, 2.75) is 32.8 Å². The van der Waals surface area contributed by atoms with Crippen molar-refractivity contribution in [3.8, 4) is 0 Å². The highest BCUT2D eigenvalue weighted by Gasteiger charge is 2.14. The molecule has 0 aliphatic rings. The van der Waals surface area contributed by atoms with E-state index in [9.17, 15) is 10.1 Å². The van der Waals surface area contributed by atoms with E-state index in [1.807, 2.05) is 39.0 Å². The second-order valence-electron chi connectivity index (χ2n) is 6.87. The van der Waals surface area contributed by atoms with Gasteiger partial charge in [-0.2, -0.15) is 0 Å². The monoisotopic (exact) mass is 484 g/mol. The van der Waals surface area contributed by atoms with Crippen molar-refractivity contribution in [1.29, 1.82) is 0 Å². The number of anilines is 2. The molecule has 0 amide bonds. The molecule has 26 heavy (non-hydrogen) atoms. The molecule has 0 unspecified atom stereocenters. The largest absolute Gasteiger partial charge is 0.376 e. The van der Waals surface area contributed by atoms with E-state index in [0.717, 1.165) is 33.3 Å². The van der Waals surface area contributed by atoms with Gasteiger partial charge in [0.05, 0.1) is 10.5 Å². The van der Waals surface area contributed by atoms with Crippen LogP contribution in [0.5, 0.6) is 0 Å². The van der Waals surface area contributed by atoms with Gasteiger partial charge in [-0.3, -0.25) is 10.1 Å². The fourth-order valence-corrected chi connectivity index (χ4v) is 3.73. The lowest BCUT2D eigenvalue weighted by Crippen LogP contribution is -2.24. The average molecular weight is 486 g/mol. The first kappa shape index (κ1) is 20.9. The molecule has 0 heterocycles. The van der Waals surface area contributed by atoms with Gasteiger partial charge in [0, 0.05) is 45.6 Å². The van der Waals surface area contributed by atoms with Gasteiger partial charge >= 0.3 is 0 Å². The number of benzene rings is 2. The van der Waals surface area contributed by atoms with Crippen LogP contribution in [0.1, 0.15) is 27.2 Å². The number of nitrogens with zero attached hydrogens (tertiary/aromatic N) is 2. The van der Waals surface area contributed by atoms with Crippen LogP contribution in [0.3, 0.4) is 0 Å². The molecule has 0 atom stereocenters. The minimum absolute atomic E-state index is 0.0835. The first-order valence-electron chi connectivity index (χ1n) is 8.28. The summed E-state index contributed by atoms with van der Waals surface area (Å²) >= 11 is 7.04. The summed E-state index contributed by atoms with van der Waals surface area (Å²) in [5.41, 5.74) is 1.81. The Kier molecular flexibility index (Phi) is 7.20. The molecule has 0 saturated carbocycles. The lowest BCUT2D eigenvalue weighted by atomic mass is 10.2. The Balaban J connectivity index is 2.24. The Morgan fingerprint density at radius 1 is 1.04 bits per heavy atom. The molecule has 0 spiro atoms. The first-order chi connectivity index (χ1) is 12.2. The molecule has 0 radical (unpaired) electrons. The summed E-state index contributed by atoms with van der Waals surface area (Å²) in [5.74, 6) is 0. The number of nitro groups is 1. The number of ether oxygens (including phenoxy) is 1. The van der Waals surface area contributed by atoms with Gasteiger partial charge in [-0.15, -0.1) is 0 Å². The quantitative estimate of drug-likeness (QED) is 0.256. The van der Waals surface area contributed by atoms with Crippen LogP contribution in [-0.2, 0) is 4.74 Å². The Hall–Kier alpha value is -1.44. The van der Waals surface area contributed by atoms with Crippen LogP contribution in [0.15, 0.2) is 51.4 Å². The molecule has 0 bridgehead atoms. The smallest absolute Gasteiger partial charge is 0.269 e. The maximum absolute atomic E-state index is 10.9. The van der Waals surface area contributed by atoms with Crippen molar-refractivity contribution in [3.05, 3.63) is 61.5 Å². The van der Waals surface area contributed by atoms with Crippen molar-refractivity contribution in [3.63, 3.8) is 0 Å². The number of nitro benzene ring substituents is 1. The molecule has 0 aliphatic heterocycles. The number of halogens is 2. The van der Waals surface area contributed by atoms with Gasteiger partial charge in [0.25, 0.3) is 5.69 Å². The van der Waals surface area contributed by atoms with E-state index in [1.54, 1.807) is 12.1 Å². The molecule has 7 heteroatoms. The summed E-state index contributed by atoms with van der Waals surface area (Å²) in [6, 6.07) is 12.6. The van der Waals surface area contributed by atoms with E-state index < -0.39 is 0 Å². The molecule has 2 aromatic carbocycles. The summed E-state index contributed by atoms with van der Waals surface area (Å²) in [7, 11) is 0. The van der Waals surface area contributed by atoms with E-state index >= 15 is 0 Å². The molecule has 0 saturated heterocycles. The summed E-state index contributed by atoms with van der Waals surface area (Å²) < 4.78 is 7.73. The van der Waals surface area contributed by atoms with E-state index in [4.69, 9.17) is 4.74 Å². The second-order valence-corrected chi connectivity index (χ2v) is 8.70. The van der Waals surface area contributed by atoms with Crippen LogP contribution in [-0.4, -0.2) is 23.7 Å². The molecule has 0 aliphatic carbocycles. The van der Waals surface area contributed by atoms with Crippen molar-refractivity contribution in [2.24, 2.45) is 0 Å². The maximum atomic E-state index is 10.9. The highest BCUT2D eigenvalue weighted by Crippen LogP contribution is 2.32. The van der Waals surface area contributed by atoms with Gasteiger partial charge in [-0.1, -0.05) is 31.9 Å². The van der Waals surface area contributed by atoms with E-state index in [1.165, 1.54) is 12.1 Å². The third-order valence-corrected chi connectivity index (χ3v) is 4.51. The van der Waals surface area contributed by atoms with Crippen molar-refractivity contribution in [1.82, 2.24) is 0 Å². The minimum Gasteiger partial charge on any atom is -0.376 e. The maximum Gasteiger partial charge on any atom is 0.269 e. The summed E-state index contributed by atoms with van der Waals surface area (Å²) in [5, 5.41) is 10.9. The normalized spacial score (nSPS) is 11.4. The van der Waals surface area contributed by atoms with Gasteiger partial charge in [0.2, 0.25) is 0 Å². The number of hydrogen-bond donors (Lipinski definition) is 0. The standard InChI is InChI=1S/C19H22Br2N2O3/c1-19(2,3)26-10-4-9-22(18-12-14(20)11-15(21)13-18)16-5-7-17(8-6-16)23(24)25/h5-8,11-13H,4,9-10H2,1-3H3. The zero-order chi connectivity index (χ0) is 19.3. The summed E-state index contributed by atoms with van der Waals surface area (Å²) in [4.78, 5) is 12.7. The zero-order valence-corrected chi connectivity index (χ0v) is 18.2. The number of non-ortho nitro benzene ring substituents is 1. The van der Waals surface area contributed by atoms with Crippen LogP contribution in [0, 0.1) is 10.1 Å². The molecule has 0 N–H and O–H groups in total. The molecule has 140 valence electrons. The van der Waals surface area contributed by atoms with Crippen LogP contribution in [0.25, 0.3) is 0 Å². The third kappa shape index (κ3) is 6.37. The van der Waals surface area contributed by atoms with Crippen molar-refractivity contribution in [2.75, 3.05) is 18.1 Å². The molecule has 2 rings (SSSR count). The lowest BCUT2D eigenvalue weighted by Gasteiger charge is -2.26. The molecule has 5 nitrogen and oxygen atoms in total.